The lowest BCUT2D eigenvalue weighted by atomic mass is 10.3. The van der Waals surface area contributed by atoms with Gasteiger partial charge in [0, 0.05) is 20.7 Å². The monoisotopic (exact) mass is 160 g/mol. The molecule has 1 atom stereocenters. The molecule has 0 aromatic rings. The third-order valence-electron chi connectivity index (χ3n) is 1.51. The Morgan fingerprint density at radius 3 is 2.64 bits per heavy atom. The molecule has 0 saturated heterocycles. The Bertz CT molecular complexity index is 128. The number of hydrogen-bond acceptors (Lipinski definition) is 3. The molecule has 0 saturated carbocycles. The number of carbonyl (C=O) groups is 1. The molecule has 1 amide bonds. The Labute approximate surface area is 67.3 Å². The number of nitrogens with two attached hydrogens (primary N) is 1. The van der Waals surface area contributed by atoms with Gasteiger partial charge in [-0.1, -0.05) is 0 Å². The number of rotatable bonds is 4. The van der Waals surface area contributed by atoms with Crippen LogP contribution in [0.4, 0.5) is 0 Å². The first-order valence-electron chi connectivity index (χ1n) is 3.63. The first kappa shape index (κ1) is 10.4. The Kier molecular flexibility index (Phi) is 4.81. The fraction of sp³-hybridized carbons (Fsp3) is 0.857. The van der Waals surface area contributed by atoms with Gasteiger partial charge in [-0.2, -0.15) is 0 Å². The molecular formula is C7H16N2O2. The van der Waals surface area contributed by atoms with Crippen LogP contribution >= 0.6 is 0 Å². The van der Waals surface area contributed by atoms with Crippen molar-refractivity contribution in [3.63, 3.8) is 0 Å². The predicted octanol–water partition coefficient (Wildman–Crippen LogP) is -0.562. The zero-order valence-electron chi connectivity index (χ0n) is 7.33. The number of hydrogen-bond donors (Lipinski definition) is 1. The normalized spacial score (nSPS) is 12.7. The molecule has 66 valence electrons. The van der Waals surface area contributed by atoms with Crippen molar-refractivity contribution in [1.82, 2.24) is 4.90 Å². The quantitative estimate of drug-likeness (QED) is 0.599. The van der Waals surface area contributed by atoms with Crippen LogP contribution in [0.1, 0.15) is 6.92 Å². The van der Waals surface area contributed by atoms with E-state index in [0.717, 1.165) is 0 Å². The van der Waals surface area contributed by atoms with Gasteiger partial charge in [-0.15, -0.1) is 0 Å². The van der Waals surface area contributed by atoms with Crippen LogP contribution in [0.15, 0.2) is 0 Å². The largest absolute Gasteiger partial charge is 0.383 e. The van der Waals surface area contributed by atoms with Crippen molar-refractivity contribution >= 4 is 5.91 Å². The highest BCUT2D eigenvalue weighted by molar-refractivity contribution is 5.81. The summed E-state index contributed by atoms with van der Waals surface area (Å²) in [6, 6.07) is -0.523. The lowest BCUT2D eigenvalue weighted by Gasteiger charge is -2.18. The molecule has 4 heteroatoms. The Balaban J connectivity index is 3.81. The van der Waals surface area contributed by atoms with Gasteiger partial charge < -0.3 is 15.4 Å². The van der Waals surface area contributed by atoms with Gasteiger partial charge in [0.2, 0.25) is 5.91 Å². The van der Waals surface area contributed by atoms with E-state index in [1.165, 1.54) is 7.11 Å². The first-order chi connectivity index (χ1) is 5.13. The first-order valence-corrected chi connectivity index (χ1v) is 3.63. The molecule has 1 unspecified atom stereocenters. The van der Waals surface area contributed by atoms with Gasteiger partial charge in [-0.05, 0) is 6.92 Å². The fourth-order valence-electron chi connectivity index (χ4n) is 0.690. The van der Waals surface area contributed by atoms with Gasteiger partial charge >= 0.3 is 0 Å². The van der Waals surface area contributed by atoms with Gasteiger partial charge in [-0.3, -0.25) is 4.79 Å². The van der Waals surface area contributed by atoms with E-state index in [2.05, 4.69) is 0 Å². The summed E-state index contributed by atoms with van der Waals surface area (Å²) in [4.78, 5) is 12.8. The molecule has 0 radical (unpaired) electrons. The molecule has 0 bridgehead atoms. The number of ether oxygens (including phenoxy) is 1. The SMILES string of the molecule is CCN(C)C(=O)C(N)COC. The summed E-state index contributed by atoms with van der Waals surface area (Å²) in [6.07, 6.45) is 0. The van der Waals surface area contributed by atoms with Crippen LogP contribution in [0, 0.1) is 0 Å². The molecule has 0 rings (SSSR count). The lowest BCUT2D eigenvalue weighted by Crippen LogP contribution is -2.44. The molecule has 0 spiro atoms. The smallest absolute Gasteiger partial charge is 0.241 e. The minimum absolute atomic E-state index is 0.0747. The highest BCUT2D eigenvalue weighted by atomic mass is 16.5. The molecule has 4 nitrogen and oxygen atoms in total. The van der Waals surface area contributed by atoms with Crippen molar-refractivity contribution in [2.75, 3.05) is 27.3 Å². The van der Waals surface area contributed by atoms with E-state index in [1.807, 2.05) is 6.92 Å². The Hall–Kier alpha value is -0.610. The third-order valence-corrected chi connectivity index (χ3v) is 1.51. The van der Waals surface area contributed by atoms with Gasteiger partial charge in [0.05, 0.1) is 6.61 Å². The molecule has 2 N–H and O–H groups in total. The van der Waals surface area contributed by atoms with Crippen LogP contribution in [0.2, 0.25) is 0 Å². The maximum absolute atomic E-state index is 11.2. The van der Waals surface area contributed by atoms with E-state index >= 15 is 0 Å². The standard InChI is InChI=1S/C7H16N2O2/c1-4-9(2)7(10)6(8)5-11-3/h6H,4-5,8H2,1-3H3. The van der Waals surface area contributed by atoms with Crippen molar-refractivity contribution in [3.05, 3.63) is 0 Å². The Morgan fingerprint density at radius 2 is 2.27 bits per heavy atom. The van der Waals surface area contributed by atoms with E-state index in [4.69, 9.17) is 10.5 Å². The lowest BCUT2D eigenvalue weighted by molar-refractivity contribution is -0.132. The average molecular weight is 160 g/mol. The van der Waals surface area contributed by atoms with Gasteiger partial charge in [0.15, 0.2) is 0 Å². The Morgan fingerprint density at radius 1 is 1.73 bits per heavy atom. The van der Waals surface area contributed by atoms with Gasteiger partial charge in [-0.25, -0.2) is 0 Å². The third kappa shape index (κ3) is 3.34. The van der Waals surface area contributed by atoms with Crippen LogP contribution in [-0.2, 0) is 9.53 Å². The number of amides is 1. The summed E-state index contributed by atoms with van der Waals surface area (Å²) in [6.45, 7) is 2.86. The molecule has 0 aliphatic carbocycles. The van der Waals surface area contributed by atoms with E-state index in [1.54, 1.807) is 11.9 Å². The molecule has 0 aliphatic rings. The molecule has 0 fully saturated rings. The summed E-state index contributed by atoms with van der Waals surface area (Å²) in [5.74, 6) is -0.0747. The second-order valence-electron chi connectivity index (χ2n) is 2.41. The van der Waals surface area contributed by atoms with Crippen molar-refractivity contribution in [2.45, 2.75) is 13.0 Å². The van der Waals surface area contributed by atoms with E-state index in [9.17, 15) is 4.79 Å². The van der Waals surface area contributed by atoms with E-state index < -0.39 is 6.04 Å². The van der Waals surface area contributed by atoms with Gasteiger partial charge in [0.25, 0.3) is 0 Å². The molecule has 0 heterocycles. The molecule has 0 aromatic carbocycles. The zero-order valence-corrected chi connectivity index (χ0v) is 7.33. The maximum Gasteiger partial charge on any atom is 0.241 e. The van der Waals surface area contributed by atoms with Crippen molar-refractivity contribution in [3.8, 4) is 0 Å². The topological polar surface area (TPSA) is 55.6 Å². The predicted molar refractivity (Wildman–Crippen MR) is 43.2 cm³/mol. The van der Waals surface area contributed by atoms with Crippen LogP contribution in [-0.4, -0.2) is 44.2 Å². The number of carbonyl (C=O) groups excluding carboxylic acids is 1. The minimum atomic E-state index is -0.523. The van der Waals surface area contributed by atoms with Crippen molar-refractivity contribution in [2.24, 2.45) is 5.73 Å². The number of likely N-dealkylation sites (N-methyl/N-ethyl adjacent to an activating group) is 1. The van der Waals surface area contributed by atoms with Crippen LogP contribution < -0.4 is 5.73 Å². The second-order valence-corrected chi connectivity index (χ2v) is 2.41. The van der Waals surface area contributed by atoms with Crippen molar-refractivity contribution < 1.29 is 9.53 Å². The highest BCUT2D eigenvalue weighted by Crippen LogP contribution is 1.89. The number of methoxy groups -OCH3 is 1. The van der Waals surface area contributed by atoms with Crippen LogP contribution in [0.25, 0.3) is 0 Å². The summed E-state index contributed by atoms with van der Waals surface area (Å²) in [5.41, 5.74) is 5.49. The second kappa shape index (κ2) is 5.09. The molecule has 11 heavy (non-hydrogen) atoms. The summed E-state index contributed by atoms with van der Waals surface area (Å²) < 4.78 is 4.75. The van der Waals surface area contributed by atoms with E-state index in [-0.39, 0.29) is 12.5 Å². The minimum Gasteiger partial charge on any atom is -0.383 e. The van der Waals surface area contributed by atoms with E-state index in [0.29, 0.717) is 6.54 Å². The van der Waals surface area contributed by atoms with Crippen LogP contribution in [0.3, 0.4) is 0 Å². The summed E-state index contributed by atoms with van der Waals surface area (Å²) in [5, 5.41) is 0. The zero-order chi connectivity index (χ0) is 8.85. The van der Waals surface area contributed by atoms with Crippen molar-refractivity contribution in [1.29, 1.82) is 0 Å². The maximum atomic E-state index is 11.2. The average Bonchev–Trinajstić information content (AvgIpc) is 2.02. The fourth-order valence-corrected chi connectivity index (χ4v) is 0.690. The number of nitrogens with zero attached hydrogens (tertiary/aromatic N) is 1. The van der Waals surface area contributed by atoms with Crippen LogP contribution in [0.5, 0.6) is 0 Å². The summed E-state index contributed by atoms with van der Waals surface area (Å²) in [7, 11) is 3.25. The summed E-state index contributed by atoms with van der Waals surface area (Å²) >= 11 is 0. The molecular weight excluding hydrogens is 144 g/mol. The molecule has 0 aliphatic heterocycles. The highest BCUT2D eigenvalue weighted by Gasteiger charge is 2.15. The molecule has 0 aromatic heterocycles. The van der Waals surface area contributed by atoms with Gasteiger partial charge in [0.1, 0.15) is 6.04 Å².